The standard InChI is InChI=1S/C16H20N2O2/c1-4-18-13-9-17(3)10-16(13,2)14(19)11-7-5-6-8-12(11)15(18)20/h5-8,13H,4,9-10H2,1-3H3/t13-,16+/m1/s1. The van der Waals surface area contributed by atoms with Crippen LogP contribution in [0.25, 0.3) is 0 Å². The van der Waals surface area contributed by atoms with E-state index in [0.29, 0.717) is 24.2 Å². The Bertz CT molecular complexity index is 584. The smallest absolute Gasteiger partial charge is 0.254 e. The molecule has 0 unspecified atom stereocenters. The van der Waals surface area contributed by atoms with Crippen molar-refractivity contribution in [3.63, 3.8) is 0 Å². The highest BCUT2D eigenvalue weighted by Gasteiger charge is 2.53. The van der Waals surface area contributed by atoms with Gasteiger partial charge < -0.3 is 9.80 Å². The van der Waals surface area contributed by atoms with Crippen LogP contribution in [0.15, 0.2) is 24.3 Å². The van der Waals surface area contributed by atoms with Crippen LogP contribution in [0.4, 0.5) is 0 Å². The van der Waals surface area contributed by atoms with Crippen LogP contribution < -0.4 is 0 Å². The summed E-state index contributed by atoms with van der Waals surface area (Å²) in [7, 11) is 2.01. The molecule has 2 aliphatic heterocycles. The molecule has 20 heavy (non-hydrogen) atoms. The van der Waals surface area contributed by atoms with Crippen molar-refractivity contribution in [3.8, 4) is 0 Å². The van der Waals surface area contributed by atoms with Crippen LogP contribution in [-0.2, 0) is 0 Å². The molecule has 1 fully saturated rings. The number of carbonyl (C=O) groups excluding carboxylic acids is 2. The average Bonchev–Trinajstić information content (AvgIpc) is 2.72. The van der Waals surface area contributed by atoms with Crippen molar-refractivity contribution in [2.75, 3.05) is 26.7 Å². The molecule has 4 heteroatoms. The van der Waals surface area contributed by atoms with Crippen molar-refractivity contribution in [1.82, 2.24) is 9.80 Å². The average molecular weight is 272 g/mol. The van der Waals surface area contributed by atoms with Gasteiger partial charge in [0.15, 0.2) is 5.78 Å². The SMILES string of the molecule is CCN1C(=O)c2ccccc2C(=O)[C@@]2(C)CN(C)C[C@@H]12. The normalized spacial score (nSPS) is 30.1. The van der Waals surface area contributed by atoms with E-state index in [-0.39, 0.29) is 17.7 Å². The maximum atomic E-state index is 13.0. The van der Waals surface area contributed by atoms with Crippen molar-refractivity contribution < 1.29 is 9.59 Å². The van der Waals surface area contributed by atoms with Gasteiger partial charge in [-0.15, -0.1) is 0 Å². The third kappa shape index (κ3) is 1.64. The van der Waals surface area contributed by atoms with Gasteiger partial charge in [0.25, 0.3) is 5.91 Å². The molecule has 1 amide bonds. The summed E-state index contributed by atoms with van der Waals surface area (Å²) in [6, 6.07) is 7.18. The molecule has 1 aromatic rings. The molecule has 3 rings (SSSR count). The summed E-state index contributed by atoms with van der Waals surface area (Å²) in [4.78, 5) is 29.8. The predicted molar refractivity (Wildman–Crippen MR) is 76.9 cm³/mol. The Morgan fingerprint density at radius 2 is 1.90 bits per heavy atom. The number of fused-ring (bicyclic) bond motifs is 2. The molecule has 0 N–H and O–H groups in total. The first kappa shape index (κ1) is 13.3. The van der Waals surface area contributed by atoms with Crippen LogP contribution in [0.1, 0.15) is 34.6 Å². The summed E-state index contributed by atoms with van der Waals surface area (Å²) >= 11 is 0. The van der Waals surface area contributed by atoms with E-state index < -0.39 is 5.41 Å². The van der Waals surface area contributed by atoms with Gasteiger partial charge in [0.2, 0.25) is 0 Å². The summed E-state index contributed by atoms with van der Waals surface area (Å²) in [5.74, 6) is 0.0900. The number of hydrogen-bond acceptors (Lipinski definition) is 3. The van der Waals surface area contributed by atoms with Gasteiger partial charge in [-0.25, -0.2) is 0 Å². The minimum absolute atomic E-state index is 0.0134. The minimum atomic E-state index is -0.507. The molecule has 2 heterocycles. The van der Waals surface area contributed by atoms with Crippen LogP contribution in [0.5, 0.6) is 0 Å². The van der Waals surface area contributed by atoms with E-state index in [9.17, 15) is 9.59 Å². The van der Waals surface area contributed by atoms with Gasteiger partial charge in [0.05, 0.1) is 17.0 Å². The Hall–Kier alpha value is -1.68. The number of Topliss-reactive ketones (excluding diaryl/α,β-unsaturated/α-hetero) is 1. The molecule has 1 saturated heterocycles. The molecule has 2 aliphatic rings. The van der Waals surface area contributed by atoms with Gasteiger partial charge in [-0.05, 0) is 27.0 Å². The van der Waals surface area contributed by atoms with Gasteiger partial charge in [-0.2, -0.15) is 0 Å². The van der Waals surface area contributed by atoms with Crippen LogP contribution in [0, 0.1) is 5.41 Å². The quantitative estimate of drug-likeness (QED) is 0.781. The van der Waals surface area contributed by atoms with Crippen molar-refractivity contribution in [3.05, 3.63) is 35.4 Å². The van der Waals surface area contributed by atoms with Crippen LogP contribution in [0.3, 0.4) is 0 Å². The molecule has 1 aromatic carbocycles. The van der Waals surface area contributed by atoms with Crippen molar-refractivity contribution >= 4 is 11.7 Å². The summed E-state index contributed by atoms with van der Waals surface area (Å²) in [5.41, 5.74) is 0.626. The van der Waals surface area contributed by atoms with Crippen molar-refractivity contribution in [2.24, 2.45) is 5.41 Å². The second kappa shape index (κ2) is 4.42. The van der Waals surface area contributed by atoms with Crippen molar-refractivity contribution in [2.45, 2.75) is 19.9 Å². The number of nitrogens with zero attached hydrogens (tertiary/aromatic N) is 2. The number of ketones is 1. The zero-order chi connectivity index (χ0) is 14.5. The van der Waals surface area contributed by atoms with Gasteiger partial charge in [-0.3, -0.25) is 9.59 Å². The number of carbonyl (C=O) groups is 2. The molecule has 0 saturated carbocycles. The molecule has 0 spiro atoms. The van der Waals surface area contributed by atoms with Crippen LogP contribution in [0.2, 0.25) is 0 Å². The first-order valence-corrected chi connectivity index (χ1v) is 7.12. The second-order valence-corrected chi connectivity index (χ2v) is 6.10. The summed E-state index contributed by atoms with van der Waals surface area (Å²) < 4.78 is 0. The van der Waals surface area contributed by atoms with E-state index in [4.69, 9.17) is 0 Å². The number of likely N-dealkylation sites (N-methyl/N-ethyl adjacent to an activating group) is 2. The minimum Gasteiger partial charge on any atom is -0.334 e. The Morgan fingerprint density at radius 3 is 2.55 bits per heavy atom. The van der Waals surface area contributed by atoms with Crippen LogP contribution >= 0.6 is 0 Å². The molecule has 106 valence electrons. The van der Waals surface area contributed by atoms with Gasteiger partial charge in [0, 0.05) is 25.2 Å². The van der Waals surface area contributed by atoms with E-state index in [2.05, 4.69) is 4.90 Å². The van der Waals surface area contributed by atoms with E-state index >= 15 is 0 Å². The van der Waals surface area contributed by atoms with E-state index in [1.165, 1.54) is 0 Å². The summed E-state index contributed by atoms with van der Waals surface area (Å²) in [5, 5.41) is 0. The largest absolute Gasteiger partial charge is 0.334 e. The van der Waals surface area contributed by atoms with Gasteiger partial charge >= 0.3 is 0 Å². The molecule has 0 aromatic heterocycles. The van der Waals surface area contributed by atoms with Gasteiger partial charge in [-0.1, -0.05) is 18.2 Å². The lowest BCUT2D eigenvalue weighted by atomic mass is 9.78. The molecular formula is C16H20N2O2. The molecule has 0 radical (unpaired) electrons. The number of amides is 1. The molecule has 0 aliphatic carbocycles. The monoisotopic (exact) mass is 272 g/mol. The predicted octanol–water partition coefficient (Wildman–Crippen LogP) is 1.67. The zero-order valence-electron chi connectivity index (χ0n) is 12.2. The molecular weight excluding hydrogens is 252 g/mol. The maximum absolute atomic E-state index is 13.0. The van der Waals surface area contributed by atoms with E-state index in [0.717, 1.165) is 6.54 Å². The maximum Gasteiger partial charge on any atom is 0.254 e. The third-order valence-corrected chi connectivity index (χ3v) is 4.72. The highest BCUT2D eigenvalue weighted by molar-refractivity contribution is 6.12. The first-order valence-electron chi connectivity index (χ1n) is 7.12. The number of hydrogen-bond donors (Lipinski definition) is 0. The number of likely N-dealkylation sites (tertiary alicyclic amines) is 1. The second-order valence-electron chi connectivity index (χ2n) is 6.10. The third-order valence-electron chi connectivity index (χ3n) is 4.72. The molecule has 2 atom stereocenters. The lowest BCUT2D eigenvalue weighted by Gasteiger charge is -2.34. The lowest BCUT2D eigenvalue weighted by Crippen LogP contribution is -2.49. The molecule has 4 nitrogen and oxygen atoms in total. The summed E-state index contributed by atoms with van der Waals surface area (Å²) in [6.07, 6.45) is 0. The topological polar surface area (TPSA) is 40.6 Å². The highest BCUT2D eigenvalue weighted by atomic mass is 16.2. The zero-order valence-corrected chi connectivity index (χ0v) is 12.2. The fraction of sp³-hybridized carbons (Fsp3) is 0.500. The number of benzene rings is 1. The van der Waals surface area contributed by atoms with E-state index in [1.54, 1.807) is 12.1 Å². The lowest BCUT2D eigenvalue weighted by molar-refractivity contribution is 0.0560. The Morgan fingerprint density at radius 1 is 1.25 bits per heavy atom. The van der Waals surface area contributed by atoms with E-state index in [1.807, 2.05) is 37.9 Å². The summed E-state index contributed by atoms with van der Waals surface area (Å²) in [6.45, 7) is 6.08. The Balaban J connectivity index is 2.21. The Labute approximate surface area is 119 Å². The highest BCUT2D eigenvalue weighted by Crippen LogP contribution is 2.40. The number of rotatable bonds is 1. The van der Waals surface area contributed by atoms with Gasteiger partial charge in [0.1, 0.15) is 0 Å². The fourth-order valence-corrected chi connectivity index (χ4v) is 3.73. The Kier molecular flexibility index (Phi) is 2.94. The fourth-order valence-electron chi connectivity index (χ4n) is 3.73. The molecule has 0 bridgehead atoms. The van der Waals surface area contributed by atoms with Crippen LogP contribution in [-0.4, -0.2) is 54.2 Å². The first-order chi connectivity index (χ1) is 9.49. The van der Waals surface area contributed by atoms with Crippen molar-refractivity contribution in [1.29, 1.82) is 0 Å².